The minimum absolute atomic E-state index is 0.0114. The Morgan fingerprint density at radius 3 is 2.29 bits per heavy atom. The lowest BCUT2D eigenvalue weighted by molar-refractivity contribution is -0.195. The summed E-state index contributed by atoms with van der Waals surface area (Å²) in [5.41, 5.74) is 0. The van der Waals surface area contributed by atoms with Crippen LogP contribution in [0.5, 0.6) is 0 Å². The summed E-state index contributed by atoms with van der Waals surface area (Å²) in [6.45, 7) is -1.32. The molecule has 2 saturated carbocycles. The maximum absolute atomic E-state index is 13.4. The summed E-state index contributed by atoms with van der Waals surface area (Å²) in [6, 6.07) is 0. The van der Waals surface area contributed by atoms with E-state index in [4.69, 9.17) is 0 Å². The number of alkyl halides is 4. The highest BCUT2D eigenvalue weighted by Gasteiger charge is 2.49. The average molecular weight is 212 g/mol. The Bertz CT molecular complexity index is 213. The van der Waals surface area contributed by atoms with Gasteiger partial charge in [0.25, 0.3) is 0 Å². The monoisotopic (exact) mass is 212 g/mol. The molecule has 0 heterocycles. The Kier molecular flexibility index (Phi) is 2.45. The van der Waals surface area contributed by atoms with Gasteiger partial charge in [-0.3, -0.25) is 0 Å². The molecule has 0 aliphatic heterocycles. The highest BCUT2D eigenvalue weighted by molar-refractivity contribution is 4.98. The van der Waals surface area contributed by atoms with Gasteiger partial charge in [-0.05, 0) is 31.1 Å². The van der Waals surface area contributed by atoms with Gasteiger partial charge in [0.1, 0.15) is 12.8 Å². The molecule has 82 valence electrons. The number of hydrogen-bond acceptors (Lipinski definition) is 1. The number of fused-ring (bicyclic) bond motifs is 2. The lowest BCUT2D eigenvalue weighted by Gasteiger charge is -2.25. The molecule has 14 heavy (non-hydrogen) atoms. The van der Waals surface area contributed by atoms with Crippen LogP contribution in [0.25, 0.3) is 0 Å². The highest BCUT2D eigenvalue weighted by atomic mass is 19.4. The van der Waals surface area contributed by atoms with Crippen LogP contribution in [0, 0.1) is 11.8 Å². The SMILES string of the molecule is F[C@@H]1[C@@H]2CC[C@@H](C2)[C@H]1OCC(F)(F)F. The first-order valence-corrected chi connectivity index (χ1v) is 4.80. The van der Waals surface area contributed by atoms with E-state index in [1.807, 2.05) is 0 Å². The van der Waals surface area contributed by atoms with Gasteiger partial charge < -0.3 is 4.74 Å². The van der Waals surface area contributed by atoms with E-state index in [9.17, 15) is 17.6 Å². The first kappa shape index (κ1) is 10.2. The predicted octanol–water partition coefficient (Wildman–Crippen LogP) is 2.70. The van der Waals surface area contributed by atoms with Crippen molar-refractivity contribution in [3.05, 3.63) is 0 Å². The molecule has 1 nitrogen and oxygen atoms in total. The Labute approximate surface area is 79.4 Å². The zero-order chi connectivity index (χ0) is 10.3. The van der Waals surface area contributed by atoms with Gasteiger partial charge >= 0.3 is 6.18 Å². The van der Waals surface area contributed by atoms with E-state index in [1.54, 1.807) is 0 Å². The van der Waals surface area contributed by atoms with Crippen molar-refractivity contribution in [3.63, 3.8) is 0 Å². The summed E-state index contributed by atoms with van der Waals surface area (Å²) in [5, 5.41) is 0. The number of halogens is 4. The van der Waals surface area contributed by atoms with Gasteiger partial charge in [-0.25, -0.2) is 4.39 Å². The van der Waals surface area contributed by atoms with E-state index >= 15 is 0 Å². The van der Waals surface area contributed by atoms with Gasteiger partial charge in [0.05, 0.1) is 6.10 Å². The van der Waals surface area contributed by atoms with E-state index in [2.05, 4.69) is 4.74 Å². The van der Waals surface area contributed by atoms with Crippen molar-refractivity contribution in [2.75, 3.05) is 6.61 Å². The van der Waals surface area contributed by atoms with Crippen LogP contribution in [0.2, 0.25) is 0 Å². The second-order valence-electron chi connectivity index (χ2n) is 4.17. The molecule has 0 spiro atoms. The molecule has 5 heteroatoms. The van der Waals surface area contributed by atoms with E-state index in [0.29, 0.717) is 6.42 Å². The lowest BCUT2D eigenvalue weighted by atomic mass is 9.96. The van der Waals surface area contributed by atoms with Crippen LogP contribution < -0.4 is 0 Å². The summed E-state index contributed by atoms with van der Waals surface area (Å²) in [6.07, 6.45) is -4.03. The molecule has 0 unspecified atom stereocenters. The van der Waals surface area contributed by atoms with Crippen LogP contribution in [0.1, 0.15) is 19.3 Å². The minimum atomic E-state index is -4.35. The highest BCUT2D eigenvalue weighted by Crippen LogP contribution is 2.47. The second kappa shape index (κ2) is 3.36. The number of ether oxygens (including phenoxy) is 1. The van der Waals surface area contributed by atoms with Crippen molar-refractivity contribution < 1.29 is 22.3 Å². The molecule has 0 aromatic heterocycles. The molecule has 2 fully saturated rings. The minimum Gasteiger partial charge on any atom is -0.365 e. The third-order valence-corrected chi connectivity index (χ3v) is 3.18. The van der Waals surface area contributed by atoms with Crippen molar-refractivity contribution >= 4 is 0 Å². The first-order valence-electron chi connectivity index (χ1n) is 4.80. The van der Waals surface area contributed by atoms with Crippen LogP contribution in [-0.2, 0) is 4.74 Å². The molecular formula is C9H12F4O. The van der Waals surface area contributed by atoms with E-state index < -0.39 is 25.1 Å². The Morgan fingerprint density at radius 2 is 1.79 bits per heavy atom. The van der Waals surface area contributed by atoms with Gasteiger partial charge in [0.2, 0.25) is 0 Å². The van der Waals surface area contributed by atoms with Crippen LogP contribution in [0.3, 0.4) is 0 Å². The number of rotatable bonds is 2. The summed E-state index contributed by atoms with van der Waals surface area (Å²) < 4.78 is 53.5. The molecule has 0 N–H and O–H groups in total. The summed E-state index contributed by atoms with van der Waals surface area (Å²) >= 11 is 0. The van der Waals surface area contributed by atoms with Crippen LogP contribution >= 0.6 is 0 Å². The lowest BCUT2D eigenvalue weighted by Crippen LogP contribution is -2.34. The normalized spacial score (nSPS) is 42.0. The molecule has 4 atom stereocenters. The largest absolute Gasteiger partial charge is 0.411 e. The summed E-state index contributed by atoms with van der Waals surface area (Å²) in [4.78, 5) is 0. The van der Waals surface area contributed by atoms with E-state index in [-0.39, 0.29) is 11.8 Å². The quantitative estimate of drug-likeness (QED) is 0.639. The van der Waals surface area contributed by atoms with Crippen LogP contribution in [0.15, 0.2) is 0 Å². The number of hydrogen-bond donors (Lipinski definition) is 0. The van der Waals surface area contributed by atoms with Crippen molar-refractivity contribution in [1.82, 2.24) is 0 Å². The molecule has 0 saturated heterocycles. The van der Waals surface area contributed by atoms with Crippen LogP contribution in [0.4, 0.5) is 17.6 Å². The Hall–Kier alpha value is -0.320. The second-order valence-corrected chi connectivity index (χ2v) is 4.17. The van der Waals surface area contributed by atoms with Crippen molar-refractivity contribution in [1.29, 1.82) is 0 Å². The summed E-state index contributed by atoms with van der Waals surface area (Å²) in [7, 11) is 0. The molecule has 0 radical (unpaired) electrons. The van der Waals surface area contributed by atoms with E-state index in [1.165, 1.54) is 0 Å². The van der Waals surface area contributed by atoms with Crippen molar-refractivity contribution in [2.45, 2.75) is 37.7 Å². The van der Waals surface area contributed by atoms with Gasteiger partial charge in [-0.2, -0.15) is 13.2 Å². The van der Waals surface area contributed by atoms with Crippen molar-refractivity contribution in [2.24, 2.45) is 11.8 Å². The van der Waals surface area contributed by atoms with Gasteiger partial charge in [-0.1, -0.05) is 0 Å². The Balaban J connectivity index is 1.87. The fourth-order valence-corrected chi connectivity index (χ4v) is 2.59. The first-order chi connectivity index (χ1) is 6.47. The average Bonchev–Trinajstić information content (AvgIpc) is 2.60. The zero-order valence-electron chi connectivity index (χ0n) is 7.56. The molecule has 0 aromatic carbocycles. The molecule has 0 amide bonds. The smallest absolute Gasteiger partial charge is 0.365 e. The molecule has 2 bridgehead atoms. The van der Waals surface area contributed by atoms with Gasteiger partial charge in [0, 0.05) is 0 Å². The van der Waals surface area contributed by atoms with Gasteiger partial charge in [-0.15, -0.1) is 0 Å². The third kappa shape index (κ3) is 1.87. The standard InChI is InChI=1S/C9H12F4O/c10-7-5-1-2-6(3-5)8(7)14-4-9(11,12)13/h5-8H,1-4H2/t5-,6+,7-,8-/m1/s1. The summed E-state index contributed by atoms with van der Waals surface area (Å²) in [5.74, 6) is -0.0458. The molecule has 2 rings (SSSR count). The predicted molar refractivity (Wildman–Crippen MR) is 41.5 cm³/mol. The maximum atomic E-state index is 13.4. The molecule has 2 aliphatic carbocycles. The Morgan fingerprint density at radius 1 is 1.14 bits per heavy atom. The van der Waals surface area contributed by atoms with E-state index in [0.717, 1.165) is 12.8 Å². The fourth-order valence-electron chi connectivity index (χ4n) is 2.59. The topological polar surface area (TPSA) is 9.23 Å². The molecule has 2 aliphatic rings. The zero-order valence-corrected chi connectivity index (χ0v) is 7.56. The third-order valence-electron chi connectivity index (χ3n) is 3.18. The van der Waals surface area contributed by atoms with Crippen LogP contribution in [-0.4, -0.2) is 25.1 Å². The van der Waals surface area contributed by atoms with Crippen molar-refractivity contribution in [3.8, 4) is 0 Å². The maximum Gasteiger partial charge on any atom is 0.411 e. The van der Waals surface area contributed by atoms with Gasteiger partial charge in [0.15, 0.2) is 0 Å². The molecular weight excluding hydrogens is 200 g/mol. The fraction of sp³-hybridized carbons (Fsp3) is 1.00. The molecule has 0 aromatic rings.